The number of nitrogens with zero attached hydrogens (tertiary/aromatic N) is 1. The van der Waals surface area contributed by atoms with Crippen molar-refractivity contribution in [1.29, 1.82) is 0 Å². The molecule has 23 heavy (non-hydrogen) atoms. The Morgan fingerprint density at radius 1 is 1.30 bits per heavy atom. The third-order valence-electron chi connectivity index (χ3n) is 4.32. The van der Waals surface area contributed by atoms with Gasteiger partial charge in [-0.2, -0.15) is 0 Å². The average Bonchev–Trinajstić information content (AvgIpc) is 2.60. The van der Waals surface area contributed by atoms with Gasteiger partial charge in [0.15, 0.2) is 0 Å². The summed E-state index contributed by atoms with van der Waals surface area (Å²) in [6, 6.07) is 7.64. The molecule has 1 aliphatic heterocycles. The second kappa shape index (κ2) is 9.53. The highest BCUT2D eigenvalue weighted by Gasteiger charge is 2.16. The first-order valence-corrected chi connectivity index (χ1v) is 8.69. The van der Waals surface area contributed by atoms with Crippen LogP contribution in [0.5, 0.6) is 5.75 Å². The molecule has 5 nitrogen and oxygen atoms in total. The summed E-state index contributed by atoms with van der Waals surface area (Å²) in [6.45, 7) is 9.87. The lowest BCUT2D eigenvalue weighted by Gasteiger charge is -2.23. The van der Waals surface area contributed by atoms with Crippen LogP contribution in [0.25, 0.3) is 0 Å². The van der Waals surface area contributed by atoms with Gasteiger partial charge in [0.05, 0.1) is 0 Å². The minimum Gasteiger partial charge on any atom is -0.492 e. The van der Waals surface area contributed by atoms with Gasteiger partial charge in [0.1, 0.15) is 12.4 Å². The first kappa shape index (κ1) is 17.8. The summed E-state index contributed by atoms with van der Waals surface area (Å²) >= 11 is 0. The fourth-order valence-electron chi connectivity index (χ4n) is 2.78. The van der Waals surface area contributed by atoms with E-state index in [0.717, 1.165) is 51.3 Å². The second-order valence-electron chi connectivity index (χ2n) is 5.92. The number of piperidine rings is 1. The Balaban J connectivity index is 1.78. The van der Waals surface area contributed by atoms with Gasteiger partial charge < -0.3 is 20.3 Å². The molecular weight excluding hydrogens is 290 g/mol. The summed E-state index contributed by atoms with van der Waals surface area (Å²) in [5.41, 5.74) is 0.687. The molecule has 1 fully saturated rings. The highest BCUT2D eigenvalue weighted by atomic mass is 16.5. The van der Waals surface area contributed by atoms with Crippen LogP contribution in [0.3, 0.4) is 0 Å². The van der Waals surface area contributed by atoms with E-state index in [1.165, 1.54) is 0 Å². The van der Waals surface area contributed by atoms with Gasteiger partial charge in [0.25, 0.3) is 5.91 Å². The van der Waals surface area contributed by atoms with Crippen molar-refractivity contribution in [2.75, 3.05) is 39.3 Å². The van der Waals surface area contributed by atoms with Crippen molar-refractivity contribution < 1.29 is 9.53 Å². The van der Waals surface area contributed by atoms with E-state index in [1.807, 2.05) is 24.3 Å². The van der Waals surface area contributed by atoms with Gasteiger partial charge in [0, 0.05) is 24.7 Å². The molecule has 0 spiro atoms. The van der Waals surface area contributed by atoms with E-state index < -0.39 is 0 Å². The van der Waals surface area contributed by atoms with Gasteiger partial charge >= 0.3 is 0 Å². The summed E-state index contributed by atoms with van der Waals surface area (Å²) in [4.78, 5) is 14.5. The predicted octanol–water partition coefficient (Wildman–Crippen LogP) is 1.89. The molecular formula is C18H29N3O2. The molecule has 1 aromatic rings. The lowest BCUT2D eigenvalue weighted by Crippen LogP contribution is -2.45. The highest BCUT2D eigenvalue weighted by Crippen LogP contribution is 2.13. The second-order valence-corrected chi connectivity index (χ2v) is 5.92. The van der Waals surface area contributed by atoms with E-state index >= 15 is 0 Å². The van der Waals surface area contributed by atoms with Gasteiger partial charge in [0.2, 0.25) is 0 Å². The van der Waals surface area contributed by atoms with Crippen LogP contribution in [0, 0.1) is 0 Å². The minimum atomic E-state index is -0.00612. The van der Waals surface area contributed by atoms with Crippen LogP contribution in [0.1, 0.15) is 37.0 Å². The van der Waals surface area contributed by atoms with E-state index in [4.69, 9.17) is 4.74 Å². The molecule has 2 N–H and O–H groups in total. The smallest absolute Gasteiger partial charge is 0.251 e. The Hall–Kier alpha value is -1.59. The largest absolute Gasteiger partial charge is 0.492 e. The summed E-state index contributed by atoms with van der Waals surface area (Å²) < 4.78 is 5.74. The van der Waals surface area contributed by atoms with Crippen LogP contribution in [0.2, 0.25) is 0 Å². The first-order valence-electron chi connectivity index (χ1n) is 8.69. The molecule has 128 valence electrons. The quantitative estimate of drug-likeness (QED) is 0.768. The molecule has 5 heteroatoms. The number of nitrogens with one attached hydrogen (secondary N) is 2. The van der Waals surface area contributed by atoms with Gasteiger partial charge in [-0.15, -0.1) is 0 Å². The number of benzene rings is 1. The molecule has 1 unspecified atom stereocenters. The van der Waals surface area contributed by atoms with Crippen molar-refractivity contribution in [1.82, 2.24) is 15.5 Å². The zero-order valence-corrected chi connectivity index (χ0v) is 14.3. The number of ether oxygens (including phenoxy) is 1. The van der Waals surface area contributed by atoms with Crippen LogP contribution in [-0.4, -0.2) is 56.2 Å². The van der Waals surface area contributed by atoms with E-state index in [-0.39, 0.29) is 11.9 Å². The number of amides is 1. The molecule has 0 aliphatic carbocycles. The third-order valence-corrected chi connectivity index (χ3v) is 4.32. The number of rotatable bonds is 8. The Kier molecular flexibility index (Phi) is 7.36. The number of hydrogen-bond donors (Lipinski definition) is 2. The third kappa shape index (κ3) is 5.84. The van der Waals surface area contributed by atoms with Crippen molar-refractivity contribution in [2.45, 2.75) is 32.7 Å². The molecule has 0 saturated carbocycles. The normalized spacial score (nSPS) is 18.0. The number of carbonyl (C=O) groups excluding carboxylic acids is 1. The lowest BCUT2D eigenvalue weighted by molar-refractivity contribution is 0.0930. The van der Waals surface area contributed by atoms with E-state index in [9.17, 15) is 4.79 Å². The van der Waals surface area contributed by atoms with Gasteiger partial charge in [-0.25, -0.2) is 0 Å². The standard InChI is InChI=1S/C18H29N3O2/c1-3-21(4-2)12-13-23-17-9-7-15(8-10-17)18(22)20-16-6-5-11-19-14-16/h7-10,16,19H,3-6,11-14H2,1-2H3,(H,20,22). The van der Waals surface area contributed by atoms with Crippen molar-refractivity contribution in [3.63, 3.8) is 0 Å². The molecule has 1 heterocycles. The molecule has 1 aromatic carbocycles. The molecule has 1 amide bonds. The summed E-state index contributed by atoms with van der Waals surface area (Å²) in [7, 11) is 0. The SMILES string of the molecule is CCN(CC)CCOc1ccc(C(=O)NC2CCCNC2)cc1. The average molecular weight is 319 g/mol. The Labute approximate surface area is 139 Å². The summed E-state index contributed by atoms with van der Waals surface area (Å²) in [6.07, 6.45) is 2.16. The number of hydrogen-bond acceptors (Lipinski definition) is 4. The maximum atomic E-state index is 12.2. The van der Waals surface area contributed by atoms with E-state index in [1.54, 1.807) is 0 Å². The van der Waals surface area contributed by atoms with Crippen LogP contribution in [0.4, 0.5) is 0 Å². The first-order chi connectivity index (χ1) is 11.2. The molecule has 1 atom stereocenters. The van der Waals surface area contributed by atoms with Crippen LogP contribution in [0.15, 0.2) is 24.3 Å². The molecule has 0 aromatic heterocycles. The summed E-state index contributed by atoms with van der Waals surface area (Å²) in [5.74, 6) is 0.807. The van der Waals surface area contributed by atoms with E-state index in [0.29, 0.717) is 12.2 Å². The highest BCUT2D eigenvalue weighted by molar-refractivity contribution is 5.94. The Bertz CT molecular complexity index is 466. The maximum absolute atomic E-state index is 12.2. The van der Waals surface area contributed by atoms with Crippen molar-refractivity contribution >= 4 is 5.91 Å². The zero-order chi connectivity index (χ0) is 16.5. The Morgan fingerprint density at radius 2 is 2.04 bits per heavy atom. The van der Waals surface area contributed by atoms with Crippen molar-refractivity contribution in [2.24, 2.45) is 0 Å². The monoisotopic (exact) mass is 319 g/mol. The molecule has 0 radical (unpaired) electrons. The van der Waals surface area contributed by atoms with Crippen LogP contribution in [-0.2, 0) is 0 Å². The molecule has 1 aliphatic rings. The van der Waals surface area contributed by atoms with Gasteiger partial charge in [-0.1, -0.05) is 13.8 Å². The molecule has 2 rings (SSSR count). The predicted molar refractivity (Wildman–Crippen MR) is 93.1 cm³/mol. The van der Waals surface area contributed by atoms with Crippen molar-refractivity contribution in [3.8, 4) is 5.75 Å². The van der Waals surface area contributed by atoms with Crippen LogP contribution >= 0.6 is 0 Å². The fourth-order valence-corrected chi connectivity index (χ4v) is 2.78. The summed E-state index contributed by atoms with van der Waals surface area (Å²) in [5, 5.41) is 6.38. The zero-order valence-electron chi connectivity index (χ0n) is 14.3. The van der Waals surface area contributed by atoms with Gasteiger partial charge in [-0.3, -0.25) is 4.79 Å². The lowest BCUT2D eigenvalue weighted by atomic mass is 10.1. The number of likely N-dealkylation sites (N-methyl/N-ethyl adjacent to an activating group) is 1. The Morgan fingerprint density at radius 3 is 2.65 bits per heavy atom. The molecule has 0 bridgehead atoms. The van der Waals surface area contributed by atoms with Crippen molar-refractivity contribution in [3.05, 3.63) is 29.8 Å². The van der Waals surface area contributed by atoms with Gasteiger partial charge in [-0.05, 0) is 56.7 Å². The fraction of sp³-hybridized carbons (Fsp3) is 0.611. The maximum Gasteiger partial charge on any atom is 0.251 e. The van der Waals surface area contributed by atoms with E-state index in [2.05, 4.69) is 29.4 Å². The molecule has 1 saturated heterocycles. The number of carbonyl (C=O) groups is 1. The van der Waals surface area contributed by atoms with Crippen LogP contribution < -0.4 is 15.4 Å². The topological polar surface area (TPSA) is 53.6 Å². The minimum absolute atomic E-state index is 0.00612.